The van der Waals surface area contributed by atoms with Gasteiger partial charge in [-0.2, -0.15) is 4.98 Å². The van der Waals surface area contributed by atoms with Crippen molar-refractivity contribution in [1.29, 1.82) is 0 Å². The molecule has 0 bridgehead atoms. The van der Waals surface area contributed by atoms with Gasteiger partial charge in [0.2, 0.25) is 11.9 Å². The fraction of sp³-hybridized carbons (Fsp3) is 0.450. The maximum Gasteiger partial charge on any atom is 0.228 e. The van der Waals surface area contributed by atoms with Gasteiger partial charge in [-0.1, -0.05) is 12.1 Å². The third-order valence-electron chi connectivity index (χ3n) is 4.67. The average Bonchev–Trinajstić information content (AvgIpc) is 3.16. The Kier molecular flexibility index (Phi) is 5.78. The van der Waals surface area contributed by atoms with E-state index in [1.54, 1.807) is 13.3 Å². The number of anilines is 3. The molecule has 1 aliphatic rings. The van der Waals surface area contributed by atoms with Gasteiger partial charge in [-0.3, -0.25) is 4.79 Å². The quantitative estimate of drug-likeness (QED) is 0.844. The van der Waals surface area contributed by atoms with Crippen molar-refractivity contribution in [3.63, 3.8) is 0 Å². The number of methoxy groups -OCH3 is 1. The normalized spacial score (nSPS) is 13.6. The monoisotopic (exact) mass is 369 g/mol. The first-order valence-electron chi connectivity index (χ1n) is 9.20. The lowest BCUT2D eigenvalue weighted by Crippen LogP contribution is -2.24. The maximum absolute atomic E-state index is 12.5. The molecule has 2 heterocycles. The van der Waals surface area contributed by atoms with E-state index in [0.29, 0.717) is 11.5 Å². The number of rotatable bonds is 6. The molecule has 1 saturated heterocycles. The molecular weight excluding hydrogens is 342 g/mol. The molecule has 1 aliphatic heterocycles. The molecule has 0 aliphatic carbocycles. The molecule has 1 aromatic carbocycles. The molecule has 7 heteroatoms. The minimum atomic E-state index is -0.0970. The van der Waals surface area contributed by atoms with E-state index in [9.17, 15) is 4.79 Å². The van der Waals surface area contributed by atoms with Crippen LogP contribution in [0.2, 0.25) is 0 Å². The van der Waals surface area contributed by atoms with Crippen LogP contribution in [-0.2, 0) is 11.2 Å². The van der Waals surface area contributed by atoms with Crippen molar-refractivity contribution >= 4 is 23.4 Å². The lowest BCUT2D eigenvalue weighted by atomic mass is 10.1. The average molecular weight is 369 g/mol. The van der Waals surface area contributed by atoms with E-state index in [0.717, 1.165) is 35.9 Å². The Morgan fingerprint density at radius 3 is 2.67 bits per heavy atom. The van der Waals surface area contributed by atoms with Crippen LogP contribution in [0.1, 0.15) is 24.0 Å². The van der Waals surface area contributed by atoms with Crippen LogP contribution < -0.4 is 19.9 Å². The predicted molar refractivity (Wildman–Crippen MR) is 108 cm³/mol. The van der Waals surface area contributed by atoms with E-state index in [2.05, 4.69) is 20.2 Å². The van der Waals surface area contributed by atoms with Crippen LogP contribution in [0.25, 0.3) is 0 Å². The van der Waals surface area contributed by atoms with Crippen LogP contribution in [0.15, 0.2) is 24.4 Å². The highest BCUT2D eigenvalue weighted by Crippen LogP contribution is 2.26. The molecule has 1 aromatic heterocycles. The zero-order valence-corrected chi connectivity index (χ0v) is 16.5. The van der Waals surface area contributed by atoms with Crippen LogP contribution in [0, 0.1) is 6.92 Å². The zero-order chi connectivity index (χ0) is 19.4. The topological polar surface area (TPSA) is 70.6 Å². The highest BCUT2D eigenvalue weighted by atomic mass is 16.5. The molecule has 0 spiro atoms. The number of hydrogen-bond acceptors (Lipinski definition) is 6. The standard InChI is InChI=1S/C20H27N5O2/c1-14-11-15(7-8-17(14)27-4)12-18(26)22-16-13-21-20(23-19(16)24(2)3)25-9-5-6-10-25/h7-8,11,13H,5-6,9-10,12H2,1-4H3,(H,22,26). The van der Waals surface area contributed by atoms with Gasteiger partial charge in [-0.25, -0.2) is 4.98 Å². The van der Waals surface area contributed by atoms with Crippen molar-refractivity contribution in [3.05, 3.63) is 35.5 Å². The molecule has 3 rings (SSSR count). The smallest absolute Gasteiger partial charge is 0.228 e. The predicted octanol–water partition coefficient (Wildman–Crippen LogP) is 2.64. The second kappa shape index (κ2) is 8.24. The maximum atomic E-state index is 12.5. The summed E-state index contributed by atoms with van der Waals surface area (Å²) in [5.74, 6) is 2.16. The van der Waals surface area contributed by atoms with Gasteiger partial charge < -0.3 is 19.9 Å². The number of nitrogens with one attached hydrogen (secondary N) is 1. The highest BCUT2D eigenvalue weighted by Gasteiger charge is 2.18. The summed E-state index contributed by atoms with van der Waals surface area (Å²) >= 11 is 0. The van der Waals surface area contributed by atoms with Crippen molar-refractivity contribution in [2.75, 3.05) is 49.4 Å². The summed E-state index contributed by atoms with van der Waals surface area (Å²) in [6, 6.07) is 5.76. The fourth-order valence-electron chi connectivity index (χ4n) is 3.29. The van der Waals surface area contributed by atoms with Crippen molar-refractivity contribution in [3.8, 4) is 5.75 Å². The molecular formula is C20H27N5O2. The molecule has 0 radical (unpaired) electrons. The third-order valence-corrected chi connectivity index (χ3v) is 4.67. The molecule has 1 N–H and O–H groups in total. The number of aryl methyl sites for hydroxylation is 1. The largest absolute Gasteiger partial charge is 0.496 e. The second-order valence-electron chi connectivity index (χ2n) is 7.02. The summed E-state index contributed by atoms with van der Waals surface area (Å²) in [5, 5.41) is 2.95. The fourth-order valence-corrected chi connectivity index (χ4v) is 3.29. The molecule has 1 amide bonds. The first-order chi connectivity index (χ1) is 13.0. The van der Waals surface area contributed by atoms with Gasteiger partial charge in [0.1, 0.15) is 11.4 Å². The Bertz CT molecular complexity index is 816. The van der Waals surface area contributed by atoms with Crippen molar-refractivity contribution in [2.45, 2.75) is 26.2 Å². The van der Waals surface area contributed by atoms with Gasteiger partial charge in [0.25, 0.3) is 0 Å². The SMILES string of the molecule is COc1ccc(CC(=O)Nc2cnc(N3CCCC3)nc2N(C)C)cc1C. The molecule has 0 saturated carbocycles. The van der Waals surface area contributed by atoms with Crippen LogP contribution in [0.5, 0.6) is 5.75 Å². The van der Waals surface area contributed by atoms with Gasteiger partial charge in [0.05, 0.1) is 19.7 Å². The first kappa shape index (κ1) is 18.9. The molecule has 2 aromatic rings. The lowest BCUT2D eigenvalue weighted by molar-refractivity contribution is -0.115. The Labute approximate surface area is 160 Å². The lowest BCUT2D eigenvalue weighted by Gasteiger charge is -2.21. The number of ether oxygens (including phenoxy) is 1. The Balaban J connectivity index is 1.73. The van der Waals surface area contributed by atoms with Crippen LogP contribution in [-0.4, -0.2) is 50.2 Å². The van der Waals surface area contributed by atoms with Gasteiger partial charge >= 0.3 is 0 Å². The summed E-state index contributed by atoms with van der Waals surface area (Å²) in [4.78, 5) is 25.7. The number of benzene rings is 1. The van der Waals surface area contributed by atoms with E-state index in [-0.39, 0.29) is 12.3 Å². The first-order valence-corrected chi connectivity index (χ1v) is 9.20. The molecule has 7 nitrogen and oxygen atoms in total. The Hall–Kier alpha value is -2.83. The third kappa shape index (κ3) is 4.48. The number of amides is 1. The number of hydrogen-bond donors (Lipinski definition) is 1. The van der Waals surface area contributed by atoms with Gasteiger partial charge in [0.15, 0.2) is 5.82 Å². The number of carbonyl (C=O) groups is 1. The summed E-state index contributed by atoms with van der Waals surface area (Å²) < 4.78 is 5.27. The number of carbonyl (C=O) groups excluding carboxylic acids is 1. The molecule has 144 valence electrons. The van der Waals surface area contributed by atoms with E-state index in [4.69, 9.17) is 4.74 Å². The van der Waals surface area contributed by atoms with E-state index >= 15 is 0 Å². The Morgan fingerprint density at radius 2 is 2.04 bits per heavy atom. The number of aromatic nitrogens is 2. The van der Waals surface area contributed by atoms with Gasteiger partial charge in [-0.15, -0.1) is 0 Å². The number of nitrogens with zero attached hydrogens (tertiary/aromatic N) is 4. The van der Waals surface area contributed by atoms with Gasteiger partial charge in [-0.05, 0) is 37.0 Å². The molecule has 27 heavy (non-hydrogen) atoms. The van der Waals surface area contributed by atoms with E-state index in [1.807, 2.05) is 44.1 Å². The van der Waals surface area contributed by atoms with Crippen molar-refractivity contribution in [1.82, 2.24) is 9.97 Å². The van der Waals surface area contributed by atoms with Crippen LogP contribution in [0.3, 0.4) is 0 Å². The van der Waals surface area contributed by atoms with Crippen LogP contribution in [0.4, 0.5) is 17.5 Å². The van der Waals surface area contributed by atoms with Crippen molar-refractivity contribution in [2.24, 2.45) is 0 Å². The molecule has 0 atom stereocenters. The van der Waals surface area contributed by atoms with Gasteiger partial charge in [0, 0.05) is 27.2 Å². The summed E-state index contributed by atoms with van der Waals surface area (Å²) in [6.45, 7) is 3.93. The minimum Gasteiger partial charge on any atom is -0.496 e. The van der Waals surface area contributed by atoms with E-state index in [1.165, 1.54) is 12.8 Å². The summed E-state index contributed by atoms with van der Waals surface area (Å²) in [6.07, 6.45) is 4.32. The van der Waals surface area contributed by atoms with Crippen molar-refractivity contribution < 1.29 is 9.53 Å². The highest BCUT2D eigenvalue weighted by molar-refractivity contribution is 5.94. The minimum absolute atomic E-state index is 0.0970. The second-order valence-corrected chi connectivity index (χ2v) is 7.02. The summed E-state index contributed by atoms with van der Waals surface area (Å²) in [5.41, 5.74) is 2.57. The van der Waals surface area contributed by atoms with E-state index < -0.39 is 0 Å². The molecule has 0 unspecified atom stereocenters. The molecule has 1 fully saturated rings. The zero-order valence-electron chi connectivity index (χ0n) is 16.5. The summed E-state index contributed by atoms with van der Waals surface area (Å²) in [7, 11) is 5.47. The van der Waals surface area contributed by atoms with Crippen LogP contribution >= 0.6 is 0 Å². The Morgan fingerprint density at radius 1 is 1.30 bits per heavy atom.